The molecule has 11 heavy (non-hydrogen) atoms. The summed E-state index contributed by atoms with van der Waals surface area (Å²) >= 11 is 0. The lowest BCUT2D eigenvalue weighted by atomic mass is 10.3. The van der Waals surface area contributed by atoms with Gasteiger partial charge in [0.05, 0.1) is 4.92 Å². The zero-order valence-corrected chi connectivity index (χ0v) is 6.60. The van der Waals surface area contributed by atoms with Gasteiger partial charge in [-0.3, -0.25) is 19.6 Å². The van der Waals surface area contributed by atoms with Gasteiger partial charge in [0.2, 0.25) is 0 Å². The fourth-order valence-electron chi connectivity index (χ4n) is 0.726. The lowest BCUT2D eigenvalue weighted by Crippen LogP contribution is -2.51. The molecule has 0 aromatic rings. The molecule has 1 unspecified atom stereocenters. The second kappa shape index (κ2) is 3.61. The largest absolute Gasteiger partial charge is 0.467 e. The predicted molar refractivity (Wildman–Crippen MR) is 35.4 cm³/mol. The molecule has 0 aliphatic heterocycles. The van der Waals surface area contributed by atoms with Crippen LogP contribution in [-0.4, -0.2) is 36.3 Å². The summed E-state index contributed by atoms with van der Waals surface area (Å²) in [6.07, 6.45) is -1.33. The molecule has 6 nitrogen and oxygen atoms in total. The molecule has 0 rings (SSSR count). The monoisotopic (exact) mass is 165 g/mol. The molecule has 0 aromatic carbocycles. The average Bonchev–Trinajstić information content (AvgIpc) is 1.90. The second-order valence-corrected chi connectivity index (χ2v) is 1.97. The van der Waals surface area contributed by atoms with Crippen LogP contribution in [0.3, 0.4) is 0 Å². The molecule has 0 heterocycles. The molecule has 0 aliphatic carbocycles. The molecule has 0 saturated heterocycles. The summed E-state index contributed by atoms with van der Waals surface area (Å²) in [5.74, 6) is -2.14. The number of hydrogen-bond acceptors (Lipinski definition) is 5. The van der Waals surface area contributed by atoms with Crippen LogP contribution in [0.1, 0.15) is 6.92 Å². The molecular weight excluding hydrogens is 154 g/mol. The van der Waals surface area contributed by atoms with Crippen molar-refractivity contribution in [1.29, 1.82) is 0 Å². The lowest BCUT2D eigenvalue weighted by molar-refractivity contribution is -0.699. The number of aliphatic hydroxyl groups excluding tert-OH is 1. The number of hydrogen-bond donors (Lipinski definition) is 1. The highest BCUT2D eigenvalue weighted by atomic mass is 16.8. The number of ether oxygens (including phenoxy) is 2. The number of methoxy groups -OCH3 is 2. The van der Waals surface area contributed by atoms with Crippen molar-refractivity contribution in [2.24, 2.45) is 0 Å². The molecule has 6 heteroatoms. The molecule has 0 aliphatic rings. The second-order valence-electron chi connectivity index (χ2n) is 1.97. The van der Waals surface area contributed by atoms with Crippen molar-refractivity contribution < 1.29 is 19.5 Å². The molecule has 1 N–H and O–H groups in total. The molecule has 0 amide bonds. The SMILES string of the molecule is COC(OC)(C(C)O)[N+](=O)[O-]. The zero-order valence-electron chi connectivity index (χ0n) is 6.60. The molecule has 0 fully saturated rings. The first-order chi connectivity index (χ1) is 5.01. The summed E-state index contributed by atoms with van der Waals surface area (Å²) in [6.45, 7) is 1.22. The number of nitrogens with zero attached hydrogens (tertiary/aromatic N) is 1. The van der Waals surface area contributed by atoms with E-state index in [1.807, 2.05) is 0 Å². The first kappa shape index (κ1) is 10.3. The Morgan fingerprint density at radius 1 is 1.55 bits per heavy atom. The van der Waals surface area contributed by atoms with Crippen LogP contribution in [0.15, 0.2) is 0 Å². The van der Waals surface area contributed by atoms with Gasteiger partial charge in [-0.25, -0.2) is 0 Å². The first-order valence-electron chi connectivity index (χ1n) is 2.94. The quantitative estimate of drug-likeness (QED) is 0.348. The number of nitro groups is 1. The topological polar surface area (TPSA) is 81.8 Å². The Morgan fingerprint density at radius 3 is 1.91 bits per heavy atom. The van der Waals surface area contributed by atoms with Crippen LogP contribution in [0.25, 0.3) is 0 Å². The van der Waals surface area contributed by atoms with Gasteiger partial charge in [-0.1, -0.05) is 0 Å². The third-order valence-electron chi connectivity index (χ3n) is 1.37. The van der Waals surface area contributed by atoms with Crippen LogP contribution in [0.2, 0.25) is 0 Å². The summed E-state index contributed by atoms with van der Waals surface area (Å²) in [5, 5.41) is 19.3. The van der Waals surface area contributed by atoms with Crippen LogP contribution >= 0.6 is 0 Å². The fourth-order valence-corrected chi connectivity index (χ4v) is 0.726. The van der Waals surface area contributed by atoms with Crippen molar-refractivity contribution in [2.45, 2.75) is 18.9 Å². The van der Waals surface area contributed by atoms with Crippen molar-refractivity contribution >= 4 is 0 Å². The van der Waals surface area contributed by atoms with E-state index in [9.17, 15) is 10.1 Å². The van der Waals surface area contributed by atoms with Gasteiger partial charge in [0.1, 0.15) is 0 Å². The van der Waals surface area contributed by atoms with E-state index < -0.39 is 16.9 Å². The van der Waals surface area contributed by atoms with Crippen molar-refractivity contribution in [1.82, 2.24) is 0 Å². The Bertz CT molecular complexity index is 142. The van der Waals surface area contributed by atoms with E-state index >= 15 is 0 Å². The standard InChI is InChI=1S/C5H11NO5/c1-4(7)5(10-2,11-3)6(8)9/h4,7H,1-3H3. The maximum absolute atomic E-state index is 10.3. The van der Waals surface area contributed by atoms with E-state index in [4.69, 9.17) is 5.11 Å². The summed E-state index contributed by atoms with van der Waals surface area (Å²) in [5.41, 5.74) is 0. The molecule has 0 spiro atoms. The van der Waals surface area contributed by atoms with Crippen LogP contribution in [-0.2, 0) is 9.47 Å². The van der Waals surface area contributed by atoms with Crippen molar-refractivity contribution in [3.05, 3.63) is 10.1 Å². The Balaban J connectivity index is 4.61. The van der Waals surface area contributed by atoms with E-state index in [0.717, 1.165) is 14.2 Å². The van der Waals surface area contributed by atoms with Gasteiger partial charge >= 0.3 is 5.91 Å². The van der Waals surface area contributed by atoms with Gasteiger partial charge in [-0.05, 0) is 6.92 Å². The zero-order chi connectivity index (χ0) is 9.07. The van der Waals surface area contributed by atoms with Gasteiger partial charge in [0, 0.05) is 14.2 Å². The average molecular weight is 165 g/mol. The molecule has 0 radical (unpaired) electrons. The molecular formula is C5H11NO5. The Labute approximate surface area is 63.9 Å². The van der Waals surface area contributed by atoms with E-state index in [2.05, 4.69) is 9.47 Å². The molecule has 0 bridgehead atoms. The van der Waals surface area contributed by atoms with Crippen LogP contribution in [0, 0.1) is 10.1 Å². The first-order valence-corrected chi connectivity index (χ1v) is 2.94. The Kier molecular flexibility index (Phi) is 3.37. The summed E-state index contributed by atoms with van der Waals surface area (Å²) < 4.78 is 8.88. The lowest BCUT2D eigenvalue weighted by Gasteiger charge is -2.22. The smallest absolute Gasteiger partial charge is 0.381 e. The minimum absolute atomic E-state index is 0.822. The summed E-state index contributed by atoms with van der Waals surface area (Å²) in [7, 11) is 2.19. The third kappa shape index (κ3) is 1.65. The molecule has 1 atom stereocenters. The highest BCUT2D eigenvalue weighted by Crippen LogP contribution is 2.16. The maximum atomic E-state index is 10.3. The highest BCUT2D eigenvalue weighted by molar-refractivity contribution is 4.61. The molecule has 0 saturated carbocycles. The Morgan fingerprint density at radius 2 is 1.91 bits per heavy atom. The van der Waals surface area contributed by atoms with Crippen molar-refractivity contribution in [2.75, 3.05) is 14.2 Å². The predicted octanol–water partition coefficient (Wildman–Crippen LogP) is -0.409. The van der Waals surface area contributed by atoms with Crippen molar-refractivity contribution in [3.8, 4) is 0 Å². The van der Waals surface area contributed by atoms with Gasteiger partial charge < -0.3 is 5.11 Å². The maximum Gasteiger partial charge on any atom is 0.467 e. The molecule has 0 aromatic heterocycles. The van der Waals surface area contributed by atoms with Crippen LogP contribution in [0.5, 0.6) is 0 Å². The summed E-state index contributed by atoms with van der Waals surface area (Å²) in [4.78, 5) is 9.50. The minimum Gasteiger partial charge on any atom is -0.381 e. The van der Waals surface area contributed by atoms with Gasteiger partial charge in [-0.15, -0.1) is 0 Å². The highest BCUT2D eigenvalue weighted by Gasteiger charge is 2.49. The molecule has 66 valence electrons. The van der Waals surface area contributed by atoms with Crippen LogP contribution in [0.4, 0.5) is 0 Å². The van der Waals surface area contributed by atoms with E-state index in [1.165, 1.54) is 6.92 Å². The van der Waals surface area contributed by atoms with Crippen LogP contribution < -0.4 is 0 Å². The summed E-state index contributed by atoms with van der Waals surface area (Å²) in [6, 6.07) is 0. The van der Waals surface area contributed by atoms with E-state index in [1.54, 1.807) is 0 Å². The van der Waals surface area contributed by atoms with Gasteiger partial charge in [0.25, 0.3) is 0 Å². The fraction of sp³-hybridized carbons (Fsp3) is 1.00. The minimum atomic E-state index is -2.14. The third-order valence-corrected chi connectivity index (χ3v) is 1.37. The van der Waals surface area contributed by atoms with E-state index in [0.29, 0.717) is 0 Å². The Hall–Kier alpha value is -0.720. The number of rotatable bonds is 4. The van der Waals surface area contributed by atoms with E-state index in [-0.39, 0.29) is 0 Å². The van der Waals surface area contributed by atoms with Crippen molar-refractivity contribution in [3.63, 3.8) is 0 Å². The normalized spacial score (nSPS) is 14.5. The van der Waals surface area contributed by atoms with Gasteiger partial charge in [0.15, 0.2) is 6.10 Å². The number of aliphatic hydroxyl groups is 1. The van der Waals surface area contributed by atoms with Gasteiger partial charge in [-0.2, -0.15) is 0 Å².